The predicted octanol–water partition coefficient (Wildman–Crippen LogP) is 6.43. The predicted molar refractivity (Wildman–Crippen MR) is 143 cm³/mol. The topological polar surface area (TPSA) is 40.5 Å². The van der Waals surface area contributed by atoms with Crippen molar-refractivity contribution in [3.05, 3.63) is 52.6 Å². The second kappa shape index (κ2) is 8.97. The van der Waals surface area contributed by atoms with Crippen LogP contribution in [0.2, 0.25) is 0 Å². The van der Waals surface area contributed by atoms with Crippen LogP contribution in [0.5, 0.6) is 0 Å². The minimum atomic E-state index is -0.945. The van der Waals surface area contributed by atoms with E-state index in [-0.39, 0.29) is 23.0 Å². The molecule has 0 saturated heterocycles. The summed E-state index contributed by atoms with van der Waals surface area (Å²) in [5, 5.41) is 12.3. The van der Waals surface area contributed by atoms with Crippen molar-refractivity contribution < 1.29 is 9.90 Å². The van der Waals surface area contributed by atoms with Gasteiger partial charge >= 0.3 is 0 Å². The number of carbonyl (C=O) groups is 1. The number of ketones is 1. The molecule has 0 unspecified atom stereocenters. The van der Waals surface area contributed by atoms with Gasteiger partial charge in [-0.3, -0.25) is 4.79 Å². The first-order chi connectivity index (χ1) is 16.7. The monoisotopic (exact) mass is 471 g/mol. The summed E-state index contributed by atoms with van der Waals surface area (Å²) in [6.07, 6.45) is 9.60. The zero-order valence-corrected chi connectivity index (χ0v) is 22.2. The van der Waals surface area contributed by atoms with Gasteiger partial charge in [0, 0.05) is 37.5 Å². The lowest BCUT2D eigenvalue weighted by Crippen LogP contribution is -2.52. The lowest BCUT2D eigenvalue weighted by atomic mass is 9.51. The third kappa shape index (κ3) is 3.72. The number of aliphatic hydroxyl groups is 1. The van der Waals surface area contributed by atoms with Crippen LogP contribution < -0.4 is 4.90 Å². The standard InChI is InChI=1S/C32H41NO2/c1-6-8-23-19-29-27-15-11-22-18-25(34)14-16-26(22)30(27)28(20-31(29,3)32(23,35)17-7-2)21-9-12-24(13-10-21)33(4)5/h9-10,12-13,18,23,27-29,35H,6,8,11,14-16,19-20H2,1-5H3/t23-,27+,28-,29+,31+,32+/m1/s1. The summed E-state index contributed by atoms with van der Waals surface area (Å²) in [4.78, 5) is 14.4. The molecule has 0 aromatic heterocycles. The van der Waals surface area contributed by atoms with E-state index in [0.717, 1.165) is 44.9 Å². The first kappa shape index (κ1) is 24.4. The van der Waals surface area contributed by atoms with Gasteiger partial charge in [-0.15, -0.1) is 5.92 Å². The molecule has 0 aliphatic heterocycles. The first-order valence-electron chi connectivity index (χ1n) is 13.6. The molecule has 5 rings (SSSR count). The molecule has 0 bridgehead atoms. The van der Waals surface area contributed by atoms with Crippen molar-refractivity contribution in [1.82, 2.24) is 0 Å². The molecule has 0 radical (unpaired) electrons. The number of rotatable bonds is 4. The molecular weight excluding hydrogens is 430 g/mol. The van der Waals surface area contributed by atoms with Crippen molar-refractivity contribution in [2.24, 2.45) is 23.2 Å². The number of allylic oxidation sites excluding steroid dienone is 4. The van der Waals surface area contributed by atoms with Crippen LogP contribution in [-0.4, -0.2) is 30.6 Å². The zero-order valence-electron chi connectivity index (χ0n) is 22.2. The van der Waals surface area contributed by atoms with Crippen molar-refractivity contribution in [3.63, 3.8) is 0 Å². The van der Waals surface area contributed by atoms with Crippen molar-refractivity contribution in [2.45, 2.75) is 83.7 Å². The molecule has 2 fully saturated rings. The minimum absolute atomic E-state index is 0.223. The molecule has 0 spiro atoms. The van der Waals surface area contributed by atoms with E-state index in [1.807, 2.05) is 13.0 Å². The van der Waals surface area contributed by atoms with Gasteiger partial charge in [0.2, 0.25) is 0 Å². The number of carbonyl (C=O) groups excluding carboxylic acids is 1. The first-order valence-corrected chi connectivity index (χ1v) is 13.6. The fraction of sp³-hybridized carbons (Fsp3) is 0.594. The number of hydrogen-bond donors (Lipinski definition) is 1. The molecule has 0 amide bonds. The van der Waals surface area contributed by atoms with Gasteiger partial charge in [0.25, 0.3) is 0 Å². The fourth-order valence-electron chi connectivity index (χ4n) is 8.24. The quantitative estimate of drug-likeness (QED) is 0.514. The van der Waals surface area contributed by atoms with Crippen molar-refractivity contribution in [3.8, 4) is 11.8 Å². The van der Waals surface area contributed by atoms with Crippen molar-refractivity contribution >= 4 is 11.5 Å². The van der Waals surface area contributed by atoms with E-state index in [2.05, 4.69) is 68.9 Å². The van der Waals surface area contributed by atoms with Crippen molar-refractivity contribution in [1.29, 1.82) is 0 Å². The van der Waals surface area contributed by atoms with Crippen LogP contribution in [0.25, 0.3) is 0 Å². The summed E-state index contributed by atoms with van der Waals surface area (Å²) in [7, 11) is 4.16. The number of anilines is 1. The lowest BCUT2D eigenvalue weighted by molar-refractivity contribution is -0.114. The highest BCUT2D eigenvalue weighted by molar-refractivity contribution is 5.93. The summed E-state index contributed by atoms with van der Waals surface area (Å²) in [6, 6.07) is 9.04. The maximum atomic E-state index is 12.3. The third-order valence-electron chi connectivity index (χ3n) is 9.89. The smallest absolute Gasteiger partial charge is 0.156 e. The van der Waals surface area contributed by atoms with Gasteiger partial charge < -0.3 is 10.0 Å². The van der Waals surface area contributed by atoms with Crippen LogP contribution in [0, 0.1) is 35.0 Å². The summed E-state index contributed by atoms with van der Waals surface area (Å²) in [5.41, 5.74) is 5.69. The lowest BCUT2D eigenvalue weighted by Gasteiger charge is -2.54. The normalized spacial score (nSPS) is 35.9. The van der Waals surface area contributed by atoms with Crippen LogP contribution in [0.15, 0.2) is 47.1 Å². The van der Waals surface area contributed by atoms with Crippen LogP contribution in [0.1, 0.15) is 83.6 Å². The summed E-state index contributed by atoms with van der Waals surface area (Å²) >= 11 is 0. The van der Waals surface area contributed by atoms with Gasteiger partial charge in [0.1, 0.15) is 5.60 Å². The second-order valence-corrected chi connectivity index (χ2v) is 11.8. The Kier molecular flexibility index (Phi) is 6.25. The zero-order chi connectivity index (χ0) is 25.0. The number of hydrogen-bond acceptors (Lipinski definition) is 3. The third-order valence-corrected chi connectivity index (χ3v) is 9.89. The maximum Gasteiger partial charge on any atom is 0.156 e. The average molecular weight is 472 g/mol. The minimum Gasteiger partial charge on any atom is -0.378 e. The van der Waals surface area contributed by atoms with Gasteiger partial charge in [0.15, 0.2) is 5.78 Å². The maximum absolute atomic E-state index is 12.3. The molecule has 4 aliphatic carbocycles. The Bertz CT molecular complexity index is 1130. The Balaban J connectivity index is 1.68. The molecule has 35 heavy (non-hydrogen) atoms. The van der Waals surface area contributed by atoms with Gasteiger partial charge in [-0.05, 0) is 98.1 Å². The summed E-state index contributed by atoms with van der Waals surface area (Å²) in [5.74, 6) is 8.16. The highest BCUT2D eigenvalue weighted by Crippen LogP contribution is 2.68. The van der Waals surface area contributed by atoms with E-state index >= 15 is 0 Å². The van der Waals surface area contributed by atoms with E-state index in [1.54, 1.807) is 5.57 Å². The molecule has 1 aromatic rings. The Morgan fingerprint density at radius 3 is 2.54 bits per heavy atom. The summed E-state index contributed by atoms with van der Waals surface area (Å²) < 4.78 is 0. The van der Waals surface area contributed by atoms with Gasteiger partial charge in [-0.2, -0.15) is 0 Å². The Morgan fingerprint density at radius 1 is 1.14 bits per heavy atom. The molecule has 1 N–H and O–H groups in total. The Labute approximate surface area is 211 Å². The molecule has 3 nitrogen and oxygen atoms in total. The SMILES string of the molecule is CC#C[C@]1(O)[C@H](CCC)C[C@H]2[C@@H]3CCC4=CC(=O)CCC4=C3[C@@H](c3ccc(N(C)C)cc3)C[C@@]21C. The molecule has 4 aliphatic rings. The fourth-order valence-corrected chi connectivity index (χ4v) is 8.24. The van der Waals surface area contributed by atoms with Crippen LogP contribution >= 0.6 is 0 Å². The Morgan fingerprint density at radius 2 is 1.89 bits per heavy atom. The van der Waals surface area contributed by atoms with E-state index in [4.69, 9.17) is 0 Å². The second-order valence-electron chi connectivity index (χ2n) is 11.8. The largest absolute Gasteiger partial charge is 0.378 e. The molecule has 186 valence electrons. The number of fused-ring (bicyclic) bond motifs is 4. The average Bonchev–Trinajstić information content (AvgIpc) is 3.05. The molecule has 6 atom stereocenters. The van der Waals surface area contributed by atoms with Crippen LogP contribution in [0.3, 0.4) is 0 Å². The number of nitrogens with zero attached hydrogens (tertiary/aromatic N) is 1. The molecular formula is C32H41NO2. The van der Waals surface area contributed by atoms with Gasteiger partial charge in [0.05, 0.1) is 0 Å². The van der Waals surface area contributed by atoms with E-state index in [1.165, 1.54) is 22.4 Å². The molecule has 3 heteroatoms. The van der Waals surface area contributed by atoms with Gasteiger partial charge in [-0.1, -0.05) is 43.9 Å². The van der Waals surface area contributed by atoms with Crippen molar-refractivity contribution in [2.75, 3.05) is 19.0 Å². The molecule has 2 saturated carbocycles. The molecule has 0 heterocycles. The van der Waals surface area contributed by atoms with Gasteiger partial charge in [-0.25, -0.2) is 0 Å². The number of benzene rings is 1. The van der Waals surface area contributed by atoms with E-state index in [9.17, 15) is 9.90 Å². The van der Waals surface area contributed by atoms with E-state index < -0.39 is 5.60 Å². The van der Waals surface area contributed by atoms with E-state index in [0.29, 0.717) is 18.3 Å². The molecule has 1 aromatic carbocycles. The Hall–Kier alpha value is -2.31. The summed E-state index contributed by atoms with van der Waals surface area (Å²) in [6.45, 7) is 6.45. The van der Waals surface area contributed by atoms with Crippen LogP contribution in [0.4, 0.5) is 5.69 Å². The van der Waals surface area contributed by atoms with Crippen LogP contribution in [-0.2, 0) is 4.79 Å². The highest BCUT2D eigenvalue weighted by atomic mass is 16.3. The highest BCUT2D eigenvalue weighted by Gasteiger charge is 2.66.